The van der Waals surface area contributed by atoms with E-state index in [1.54, 1.807) is 0 Å². The van der Waals surface area contributed by atoms with Crippen LogP contribution in [0.25, 0.3) is 0 Å². The van der Waals surface area contributed by atoms with Crippen molar-refractivity contribution in [2.75, 3.05) is 39.3 Å². The van der Waals surface area contributed by atoms with Gasteiger partial charge in [0, 0.05) is 62.2 Å². The smallest absolute Gasteiger partial charge is 0.245 e. The molecule has 222 valence electrons. The van der Waals surface area contributed by atoms with Gasteiger partial charge in [0.15, 0.2) is 0 Å². The van der Waals surface area contributed by atoms with Gasteiger partial charge in [0.25, 0.3) is 0 Å². The van der Waals surface area contributed by atoms with Crippen molar-refractivity contribution in [2.45, 2.75) is 76.5 Å². The Hall–Kier alpha value is -2.45. The van der Waals surface area contributed by atoms with Crippen molar-refractivity contribution in [3.05, 3.63) is 70.2 Å². The van der Waals surface area contributed by atoms with Gasteiger partial charge < -0.3 is 20.9 Å². The summed E-state index contributed by atoms with van der Waals surface area (Å²) in [6.07, 6.45) is 4.86. The fourth-order valence-corrected chi connectivity index (χ4v) is 6.97. The van der Waals surface area contributed by atoms with Crippen LogP contribution in [0.3, 0.4) is 0 Å². The maximum atomic E-state index is 14.0. The molecule has 7 nitrogen and oxygen atoms in total. The summed E-state index contributed by atoms with van der Waals surface area (Å²) >= 11 is 6.12. The van der Waals surface area contributed by atoms with Crippen LogP contribution >= 0.6 is 11.6 Å². The molecule has 8 heteroatoms. The number of piperidine rings is 1. The van der Waals surface area contributed by atoms with Crippen LogP contribution in [0.2, 0.25) is 5.02 Å². The molecule has 0 aromatic heterocycles. The minimum atomic E-state index is -0.607. The van der Waals surface area contributed by atoms with Gasteiger partial charge in [-0.25, -0.2) is 0 Å². The molecule has 3 aliphatic rings. The fourth-order valence-electron chi connectivity index (χ4n) is 6.85. The third-order valence-electron chi connectivity index (χ3n) is 8.92. The Morgan fingerprint density at radius 2 is 1.78 bits per heavy atom. The van der Waals surface area contributed by atoms with Gasteiger partial charge in [-0.2, -0.15) is 0 Å². The van der Waals surface area contributed by atoms with E-state index < -0.39 is 6.04 Å². The van der Waals surface area contributed by atoms with Crippen LogP contribution in [0.4, 0.5) is 0 Å². The molecule has 2 fully saturated rings. The number of benzene rings is 2. The van der Waals surface area contributed by atoms with Gasteiger partial charge in [-0.05, 0) is 73.5 Å². The first-order valence-electron chi connectivity index (χ1n) is 15.5. The molecule has 3 N–H and O–H groups in total. The highest BCUT2D eigenvalue weighted by Gasteiger charge is 2.35. The van der Waals surface area contributed by atoms with Gasteiger partial charge in [0.1, 0.15) is 6.04 Å². The molecule has 3 atom stereocenters. The second-order valence-electron chi connectivity index (χ2n) is 12.4. The second kappa shape index (κ2) is 14.1. The fraction of sp³-hybridized carbons (Fsp3) is 0.576. The maximum Gasteiger partial charge on any atom is 0.245 e. The van der Waals surface area contributed by atoms with Gasteiger partial charge in [0.05, 0.1) is 0 Å². The van der Waals surface area contributed by atoms with E-state index in [-0.39, 0.29) is 17.9 Å². The molecule has 0 aliphatic carbocycles. The highest BCUT2D eigenvalue weighted by atomic mass is 35.5. The molecule has 0 bridgehead atoms. The van der Waals surface area contributed by atoms with Crippen LogP contribution in [-0.4, -0.2) is 79.0 Å². The summed E-state index contributed by atoms with van der Waals surface area (Å²) < 4.78 is 0. The number of nitrogens with one attached hydrogen (secondary N) is 3. The van der Waals surface area contributed by atoms with E-state index in [4.69, 9.17) is 11.6 Å². The van der Waals surface area contributed by atoms with E-state index >= 15 is 0 Å². The SMILES string of the molecule is CC(C)CN(C1CCN(C(=O)[C@@H](Cc2ccc(Cl)cc2)NC(=O)CC2NCCc3ccccc32)CC1)[C@H]1CCNC1. The van der Waals surface area contributed by atoms with Crippen LogP contribution in [0.1, 0.15) is 62.3 Å². The van der Waals surface area contributed by atoms with E-state index in [9.17, 15) is 9.59 Å². The number of hydrogen-bond acceptors (Lipinski definition) is 5. The molecule has 0 saturated carbocycles. The van der Waals surface area contributed by atoms with Crippen molar-refractivity contribution < 1.29 is 9.59 Å². The molecule has 2 amide bonds. The van der Waals surface area contributed by atoms with Gasteiger partial charge in [0.2, 0.25) is 11.8 Å². The lowest BCUT2D eigenvalue weighted by Crippen LogP contribution is -2.55. The van der Waals surface area contributed by atoms with Gasteiger partial charge in [-0.3, -0.25) is 14.5 Å². The number of halogens is 1. The molecule has 41 heavy (non-hydrogen) atoms. The zero-order valence-electron chi connectivity index (χ0n) is 24.6. The molecule has 2 aromatic carbocycles. The second-order valence-corrected chi connectivity index (χ2v) is 12.8. The Morgan fingerprint density at radius 1 is 1.02 bits per heavy atom. The summed E-state index contributed by atoms with van der Waals surface area (Å²) in [5.41, 5.74) is 3.46. The van der Waals surface area contributed by atoms with E-state index in [0.29, 0.717) is 35.9 Å². The van der Waals surface area contributed by atoms with Crippen LogP contribution in [-0.2, 0) is 22.4 Å². The van der Waals surface area contributed by atoms with Crippen LogP contribution in [0.5, 0.6) is 0 Å². The van der Waals surface area contributed by atoms with Gasteiger partial charge >= 0.3 is 0 Å². The minimum absolute atomic E-state index is 0.0155. The number of amides is 2. The van der Waals surface area contributed by atoms with Crippen molar-refractivity contribution in [3.8, 4) is 0 Å². The van der Waals surface area contributed by atoms with Crippen LogP contribution in [0.15, 0.2) is 48.5 Å². The standard InChI is InChI=1S/C33H46ClN5O2/c1-23(2)22-39(28-12-15-35-21-28)27-13-17-38(18-14-27)33(41)31(19-24-7-9-26(34)10-8-24)37-32(40)20-30-29-6-4-3-5-25(29)11-16-36-30/h3-10,23,27-28,30-31,35-36H,11-22H2,1-2H3,(H,37,40)/t28-,30?,31+/m0/s1. The monoisotopic (exact) mass is 579 g/mol. The van der Waals surface area contributed by atoms with Crippen molar-refractivity contribution >= 4 is 23.4 Å². The number of carbonyl (C=O) groups excluding carboxylic acids is 2. The number of nitrogens with zero attached hydrogens (tertiary/aromatic N) is 2. The third kappa shape index (κ3) is 7.89. The molecule has 0 radical (unpaired) electrons. The van der Waals surface area contributed by atoms with Crippen LogP contribution in [0, 0.1) is 5.92 Å². The molecule has 3 heterocycles. The van der Waals surface area contributed by atoms with Crippen molar-refractivity contribution in [1.82, 2.24) is 25.8 Å². The lowest BCUT2D eigenvalue weighted by molar-refractivity contribution is -0.138. The van der Waals surface area contributed by atoms with Gasteiger partial charge in [-0.15, -0.1) is 0 Å². The average molecular weight is 580 g/mol. The van der Waals surface area contributed by atoms with Crippen molar-refractivity contribution in [3.63, 3.8) is 0 Å². The Labute approximate surface area is 250 Å². The number of carbonyl (C=O) groups is 2. The predicted octanol–water partition coefficient (Wildman–Crippen LogP) is 3.96. The van der Waals surface area contributed by atoms with Gasteiger partial charge in [-0.1, -0.05) is 61.8 Å². The largest absolute Gasteiger partial charge is 0.344 e. The summed E-state index contributed by atoms with van der Waals surface area (Å²) in [4.78, 5) is 32.0. The molecule has 2 saturated heterocycles. The molecule has 5 rings (SSSR count). The number of likely N-dealkylation sites (tertiary alicyclic amines) is 1. The quantitative estimate of drug-likeness (QED) is 0.397. The Morgan fingerprint density at radius 3 is 2.49 bits per heavy atom. The highest BCUT2D eigenvalue weighted by Crippen LogP contribution is 2.26. The third-order valence-corrected chi connectivity index (χ3v) is 9.17. The zero-order valence-corrected chi connectivity index (χ0v) is 25.3. The normalized spacial score (nSPS) is 22.1. The molecule has 1 unspecified atom stereocenters. The van der Waals surface area contributed by atoms with Crippen LogP contribution < -0.4 is 16.0 Å². The molecule has 2 aromatic rings. The van der Waals surface area contributed by atoms with Crippen molar-refractivity contribution in [1.29, 1.82) is 0 Å². The van der Waals surface area contributed by atoms with E-state index in [0.717, 1.165) is 64.1 Å². The summed E-state index contributed by atoms with van der Waals surface area (Å²) in [6.45, 7) is 10.1. The van der Waals surface area contributed by atoms with Crippen molar-refractivity contribution in [2.24, 2.45) is 5.92 Å². The first-order chi connectivity index (χ1) is 19.9. The lowest BCUT2D eigenvalue weighted by atomic mass is 9.92. The lowest BCUT2D eigenvalue weighted by Gasteiger charge is -2.42. The number of rotatable bonds is 10. The maximum absolute atomic E-state index is 14.0. The topological polar surface area (TPSA) is 76.7 Å². The summed E-state index contributed by atoms with van der Waals surface area (Å²) in [6, 6.07) is 16.3. The number of fused-ring (bicyclic) bond motifs is 1. The minimum Gasteiger partial charge on any atom is -0.344 e. The van der Waals surface area contributed by atoms with E-state index in [1.165, 1.54) is 17.5 Å². The predicted molar refractivity (Wildman–Crippen MR) is 165 cm³/mol. The Kier molecular flexibility index (Phi) is 10.4. The molecular formula is C33H46ClN5O2. The first-order valence-corrected chi connectivity index (χ1v) is 15.9. The van der Waals surface area contributed by atoms with E-state index in [2.05, 4.69) is 52.9 Å². The molecular weight excluding hydrogens is 534 g/mol. The summed E-state index contributed by atoms with van der Waals surface area (Å²) in [5, 5.41) is 10.8. The molecule has 3 aliphatic heterocycles. The summed E-state index contributed by atoms with van der Waals surface area (Å²) in [5.74, 6) is 0.528. The Balaban J connectivity index is 1.25. The first kappa shape index (κ1) is 30.0. The Bertz CT molecular complexity index is 1160. The number of hydrogen-bond donors (Lipinski definition) is 3. The highest BCUT2D eigenvalue weighted by molar-refractivity contribution is 6.30. The zero-order chi connectivity index (χ0) is 28.8. The van der Waals surface area contributed by atoms with E-state index in [1.807, 2.05) is 35.2 Å². The molecule has 0 spiro atoms. The average Bonchev–Trinajstić information content (AvgIpc) is 3.51. The summed E-state index contributed by atoms with van der Waals surface area (Å²) in [7, 11) is 0.